The zero-order valence-corrected chi connectivity index (χ0v) is 13.7. The molecule has 12 heteroatoms. The van der Waals surface area contributed by atoms with E-state index >= 15 is 0 Å². The van der Waals surface area contributed by atoms with Crippen molar-refractivity contribution in [3.05, 3.63) is 0 Å². The normalized spacial score (nSPS) is 47.3. The molecular formula is C14H25NO11. The molecule has 8 N–H and O–H groups in total. The summed E-state index contributed by atoms with van der Waals surface area (Å²) in [5, 5.41) is 70.5. The molecule has 2 heterocycles. The van der Waals surface area contributed by atoms with E-state index in [-0.39, 0.29) is 0 Å². The number of hydrogen-bond donors (Lipinski definition) is 8. The smallest absolute Gasteiger partial charge is 0.217 e. The lowest BCUT2D eigenvalue weighted by atomic mass is 9.95. The first-order valence-corrected chi connectivity index (χ1v) is 7.92. The van der Waals surface area contributed by atoms with E-state index in [2.05, 4.69) is 5.32 Å². The molecule has 0 spiro atoms. The largest absolute Gasteiger partial charge is 0.394 e. The Morgan fingerprint density at radius 2 is 1.65 bits per heavy atom. The Labute approximate surface area is 149 Å². The first kappa shape index (κ1) is 19.8. The number of ether oxygens (including phenoxy) is 3. The molecule has 2 fully saturated rings. The van der Waals surface area contributed by atoms with Crippen molar-refractivity contribution in [1.82, 2.24) is 5.32 Å². The van der Waals surface area contributed by atoms with Crippen molar-refractivity contribution >= 4 is 5.91 Å². The SMILES string of the molecule is [2H]CC(=O)N[C@H]1C(O[C@@H]2[C@H](O)[C@@H](O)C(O)O[C@@H]2CO)O[C@H](CO)[C@@H](O)[C@@H]1O. The fraction of sp³-hybridized carbons (Fsp3) is 0.929. The summed E-state index contributed by atoms with van der Waals surface area (Å²) in [6.07, 6.45) is -14.1. The van der Waals surface area contributed by atoms with Crippen LogP contribution in [0.1, 0.15) is 8.27 Å². The molecule has 0 aliphatic carbocycles. The topological polar surface area (TPSA) is 198 Å². The zero-order valence-electron chi connectivity index (χ0n) is 14.7. The molecule has 2 aliphatic heterocycles. The maximum atomic E-state index is 11.6. The number of aliphatic hydroxyl groups is 7. The molecule has 0 saturated carbocycles. The molecule has 26 heavy (non-hydrogen) atoms. The van der Waals surface area contributed by atoms with Crippen LogP contribution in [0.15, 0.2) is 0 Å². The third-order valence-electron chi connectivity index (χ3n) is 4.34. The maximum absolute atomic E-state index is 11.6. The Kier molecular flexibility index (Phi) is 6.74. The Morgan fingerprint density at radius 3 is 2.23 bits per heavy atom. The summed E-state index contributed by atoms with van der Waals surface area (Å²) in [6, 6.07) is -1.39. The molecule has 10 atom stereocenters. The van der Waals surface area contributed by atoms with Crippen LogP contribution in [-0.2, 0) is 19.0 Å². The van der Waals surface area contributed by atoms with Crippen LogP contribution in [0.4, 0.5) is 0 Å². The highest BCUT2D eigenvalue weighted by Crippen LogP contribution is 2.28. The van der Waals surface area contributed by atoms with Crippen LogP contribution in [0.3, 0.4) is 0 Å². The monoisotopic (exact) mass is 384 g/mol. The number of carbonyl (C=O) groups is 1. The van der Waals surface area contributed by atoms with Gasteiger partial charge in [-0.2, -0.15) is 0 Å². The second-order valence-corrected chi connectivity index (χ2v) is 6.13. The Bertz CT molecular complexity index is 498. The number of amides is 1. The van der Waals surface area contributed by atoms with Crippen LogP contribution in [0.2, 0.25) is 0 Å². The Hall–Kier alpha value is -0.930. The van der Waals surface area contributed by atoms with Crippen molar-refractivity contribution in [1.29, 1.82) is 0 Å². The van der Waals surface area contributed by atoms with E-state index in [1.807, 2.05) is 0 Å². The Balaban J connectivity index is 2.23. The second kappa shape index (κ2) is 8.84. The van der Waals surface area contributed by atoms with Gasteiger partial charge in [0.15, 0.2) is 12.6 Å². The van der Waals surface area contributed by atoms with Gasteiger partial charge in [0, 0.05) is 8.27 Å². The number of carbonyl (C=O) groups excluding carboxylic acids is 1. The summed E-state index contributed by atoms with van der Waals surface area (Å²) in [5.41, 5.74) is 0. The summed E-state index contributed by atoms with van der Waals surface area (Å²) in [4.78, 5) is 11.6. The summed E-state index contributed by atoms with van der Waals surface area (Å²) in [7, 11) is 0. The average molecular weight is 384 g/mol. The van der Waals surface area contributed by atoms with Gasteiger partial charge < -0.3 is 55.3 Å². The summed E-state index contributed by atoms with van der Waals surface area (Å²) >= 11 is 0. The van der Waals surface area contributed by atoms with Gasteiger partial charge in [0.2, 0.25) is 5.91 Å². The first-order valence-electron chi connectivity index (χ1n) is 8.62. The molecule has 2 rings (SSSR count). The molecule has 152 valence electrons. The highest BCUT2D eigenvalue weighted by molar-refractivity contribution is 5.73. The molecule has 1 amide bonds. The van der Waals surface area contributed by atoms with Crippen LogP contribution < -0.4 is 5.32 Å². The summed E-state index contributed by atoms with van der Waals surface area (Å²) in [5.74, 6) is -0.819. The van der Waals surface area contributed by atoms with Crippen LogP contribution >= 0.6 is 0 Å². The molecule has 12 nitrogen and oxygen atoms in total. The van der Waals surface area contributed by atoms with Gasteiger partial charge in [0.05, 0.1) is 13.2 Å². The van der Waals surface area contributed by atoms with E-state index in [0.717, 1.165) is 0 Å². The molecule has 0 aromatic carbocycles. The van der Waals surface area contributed by atoms with Crippen molar-refractivity contribution in [3.8, 4) is 0 Å². The van der Waals surface area contributed by atoms with Crippen molar-refractivity contribution in [2.24, 2.45) is 0 Å². The van der Waals surface area contributed by atoms with E-state index < -0.39 is 87.4 Å². The van der Waals surface area contributed by atoms with Gasteiger partial charge in [0.25, 0.3) is 0 Å². The first-order chi connectivity index (χ1) is 12.7. The average Bonchev–Trinajstić information content (AvgIpc) is 2.66. The zero-order chi connectivity index (χ0) is 20.3. The molecule has 2 unspecified atom stereocenters. The van der Waals surface area contributed by atoms with Gasteiger partial charge in [-0.3, -0.25) is 4.79 Å². The minimum Gasteiger partial charge on any atom is -0.394 e. The van der Waals surface area contributed by atoms with Gasteiger partial charge in [-0.15, -0.1) is 0 Å². The highest BCUT2D eigenvalue weighted by atomic mass is 16.7. The second-order valence-electron chi connectivity index (χ2n) is 6.13. The summed E-state index contributed by atoms with van der Waals surface area (Å²) < 4.78 is 22.8. The third kappa shape index (κ3) is 4.31. The van der Waals surface area contributed by atoms with Crippen LogP contribution in [0.5, 0.6) is 0 Å². The quantitative estimate of drug-likeness (QED) is 0.225. The van der Waals surface area contributed by atoms with Crippen LogP contribution in [0, 0.1) is 0 Å². The number of rotatable bonds is 5. The minimum atomic E-state index is -1.78. The number of hydrogen-bond acceptors (Lipinski definition) is 11. The summed E-state index contributed by atoms with van der Waals surface area (Å²) in [6.45, 7) is -2.10. The van der Waals surface area contributed by atoms with E-state index in [1.54, 1.807) is 0 Å². The van der Waals surface area contributed by atoms with Gasteiger partial charge in [0.1, 0.15) is 48.8 Å². The maximum Gasteiger partial charge on any atom is 0.217 e. The third-order valence-corrected chi connectivity index (χ3v) is 4.34. The van der Waals surface area contributed by atoms with E-state index in [0.29, 0.717) is 0 Å². The number of nitrogens with one attached hydrogen (secondary N) is 1. The molecule has 0 bridgehead atoms. The molecule has 2 saturated heterocycles. The van der Waals surface area contributed by atoms with Gasteiger partial charge in [-0.25, -0.2) is 0 Å². The van der Waals surface area contributed by atoms with Crippen molar-refractivity contribution in [2.75, 3.05) is 13.2 Å². The molecule has 2 aliphatic rings. The predicted molar refractivity (Wildman–Crippen MR) is 80.2 cm³/mol. The van der Waals surface area contributed by atoms with Gasteiger partial charge in [-0.05, 0) is 0 Å². The molecule has 0 radical (unpaired) electrons. The lowest BCUT2D eigenvalue weighted by Crippen LogP contribution is -2.67. The van der Waals surface area contributed by atoms with Crippen LogP contribution in [0.25, 0.3) is 0 Å². The van der Waals surface area contributed by atoms with Gasteiger partial charge >= 0.3 is 0 Å². The lowest BCUT2D eigenvalue weighted by Gasteiger charge is -2.46. The van der Waals surface area contributed by atoms with Crippen LogP contribution in [-0.4, -0.2) is 116 Å². The molecule has 0 aromatic heterocycles. The van der Waals surface area contributed by atoms with E-state index in [9.17, 15) is 40.5 Å². The predicted octanol–water partition coefficient (Wildman–Crippen LogP) is -5.25. The van der Waals surface area contributed by atoms with E-state index in [4.69, 9.17) is 15.6 Å². The van der Waals surface area contributed by atoms with Crippen molar-refractivity contribution < 1.29 is 56.1 Å². The van der Waals surface area contributed by atoms with E-state index in [1.165, 1.54) is 0 Å². The standard InChI is InChI=1S/C14H25NO11/c1-4(18)15-7-9(20)8(19)5(2-16)25-14(7)26-12-6(3-17)24-13(23)11(22)10(12)21/h5-14,16-17,19-23H,2-3H2,1H3,(H,15,18)/t5-,6-,7-,8-,9-,10-,11-,12+,13?,14?/m1/s1/i1D. The van der Waals surface area contributed by atoms with Crippen molar-refractivity contribution in [2.45, 2.75) is 68.2 Å². The number of aliphatic hydroxyl groups excluding tert-OH is 7. The fourth-order valence-corrected chi connectivity index (χ4v) is 2.93. The lowest BCUT2D eigenvalue weighted by molar-refractivity contribution is -0.341. The highest BCUT2D eigenvalue weighted by Gasteiger charge is 2.50. The minimum absolute atomic E-state index is 0.686. The van der Waals surface area contributed by atoms with Crippen molar-refractivity contribution in [3.63, 3.8) is 0 Å². The van der Waals surface area contributed by atoms with Gasteiger partial charge in [-0.1, -0.05) is 0 Å². The molecular weight excluding hydrogens is 358 g/mol. The molecule has 0 aromatic rings. The fourth-order valence-electron chi connectivity index (χ4n) is 2.93. The Morgan fingerprint density at radius 1 is 1.00 bits per heavy atom.